The molecule has 0 saturated carbocycles. The molecule has 1 atom stereocenters. The van der Waals surface area contributed by atoms with E-state index in [1.807, 2.05) is 60.7 Å². The topological polar surface area (TPSA) is 128 Å². The molecule has 2 aromatic carbocycles. The standard InChI is InChI=1S/C24H19N7O3/c1-15(23(32)29-22-20-21(26-13-25-20)27-14-28-22)34-24(33)18-12-31(17-10-6-3-7-11-17)30-19(18)16-8-4-2-5-9-16/h2-15H,1H3,(H2,25,26,27,28,29,32). The van der Waals surface area contributed by atoms with Crippen molar-refractivity contribution in [2.45, 2.75) is 13.0 Å². The highest BCUT2D eigenvalue weighted by Crippen LogP contribution is 2.25. The van der Waals surface area contributed by atoms with Crippen LogP contribution in [0.3, 0.4) is 0 Å². The summed E-state index contributed by atoms with van der Waals surface area (Å²) in [6.07, 6.45) is 3.25. The van der Waals surface area contributed by atoms with Gasteiger partial charge in [0.1, 0.15) is 23.1 Å². The van der Waals surface area contributed by atoms with Gasteiger partial charge in [0.15, 0.2) is 17.6 Å². The van der Waals surface area contributed by atoms with E-state index in [9.17, 15) is 9.59 Å². The number of carbonyl (C=O) groups excluding carboxylic acids is 2. The molecule has 0 bridgehead atoms. The molecular formula is C24H19N7O3. The summed E-state index contributed by atoms with van der Waals surface area (Å²) in [6.45, 7) is 1.49. The van der Waals surface area contributed by atoms with Crippen LogP contribution < -0.4 is 5.32 Å². The lowest BCUT2D eigenvalue weighted by Gasteiger charge is -2.13. The molecule has 0 aliphatic heterocycles. The number of hydrogen-bond acceptors (Lipinski definition) is 7. The number of imidazole rings is 1. The van der Waals surface area contributed by atoms with Crippen molar-refractivity contribution in [2.24, 2.45) is 0 Å². The average Bonchev–Trinajstić information content (AvgIpc) is 3.53. The van der Waals surface area contributed by atoms with Crippen LogP contribution in [0.25, 0.3) is 28.1 Å². The zero-order valence-electron chi connectivity index (χ0n) is 18.0. The molecule has 0 fully saturated rings. The largest absolute Gasteiger partial charge is 0.449 e. The lowest BCUT2D eigenvalue weighted by Crippen LogP contribution is -2.30. The Morgan fingerprint density at radius 2 is 1.74 bits per heavy atom. The zero-order valence-corrected chi connectivity index (χ0v) is 18.0. The van der Waals surface area contributed by atoms with E-state index in [1.54, 1.807) is 10.9 Å². The predicted molar refractivity (Wildman–Crippen MR) is 124 cm³/mol. The number of benzene rings is 2. The highest BCUT2D eigenvalue weighted by Gasteiger charge is 2.25. The van der Waals surface area contributed by atoms with Gasteiger partial charge in [-0.05, 0) is 19.1 Å². The normalized spacial score (nSPS) is 11.8. The first-order valence-electron chi connectivity index (χ1n) is 10.5. The number of nitrogens with zero attached hydrogens (tertiary/aromatic N) is 5. The molecule has 1 unspecified atom stereocenters. The van der Waals surface area contributed by atoms with E-state index < -0.39 is 18.0 Å². The number of amides is 1. The van der Waals surface area contributed by atoms with E-state index in [-0.39, 0.29) is 11.4 Å². The molecule has 10 nitrogen and oxygen atoms in total. The van der Waals surface area contributed by atoms with Crippen molar-refractivity contribution in [3.05, 3.63) is 85.1 Å². The molecule has 10 heteroatoms. The number of hydrogen-bond donors (Lipinski definition) is 2. The number of ether oxygens (including phenoxy) is 1. The summed E-state index contributed by atoms with van der Waals surface area (Å²) in [5, 5.41) is 7.25. The number of fused-ring (bicyclic) bond motifs is 1. The first-order chi connectivity index (χ1) is 16.6. The van der Waals surface area contributed by atoms with Gasteiger partial charge in [-0.15, -0.1) is 0 Å². The number of rotatable bonds is 6. The van der Waals surface area contributed by atoms with Crippen molar-refractivity contribution in [1.82, 2.24) is 29.7 Å². The van der Waals surface area contributed by atoms with Crippen molar-refractivity contribution in [3.63, 3.8) is 0 Å². The van der Waals surface area contributed by atoms with E-state index in [0.29, 0.717) is 16.9 Å². The van der Waals surface area contributed by atoms with E-state index in [1.165, 1.54) is 19.6 Å². The number of H-pyrrole nitrogens is 1. The lowest BCUT2D eigenvalue weighted by atomic mass is 10.1. The van der Waals surface area contributed by atoms with E-state index in [2.05, 4.69) is 30.4 Å². The van der Waals surface area contributed by atoms with Gasteiger partial charge in [-0.2, -0.15) is 5.10 Å². The van der Waals surface area contributed by atoms with Crippen LogP contribution in [0.1, 0.15) is 17.3 Å². The number of anilines is 1. The van der Waals surface area contributed by atoms with Gasteiger partial charge >= 0.3 is 5.97 Å². The van der Waals surface area contributed by atoms with Gasteiger partial charge in [0.2, 0.25) is 0 Å². The summed E-state index contributed by atoms with van der Waals surface area (Å²) in [7, 11) is 0. The smallest absolute Gasteiger partial charge is 0.342 e. The average molecular weight is 453 g/mol. The summed E-state index contributed by atoms with van der Waals surface area (Å²) in [5.41, 5.74) is 3.13. The maximum absolute atomic E-state index is 13.1. The quantitative estimate of drug-likeness (QED) is 0.377. The summed E-state index contributed by atoms with van der Waals surface area (Å²) >= 11 is 0. The molecule has 34 heavy (non-hydrogen) atoms. The fourth-order valence-electron chi connectivity index (χ4n) is 3.40. The minimum Gasteiger partial charge on any atom is -0.449 e. The Bertz CT molecular complexity index is 1460. The molecule has 0 aliphatic rings. The predicted octanol–water partition coefficient (Wildman–Crippen LogP) is 3.39. The zero-order chi connectivity index (χ0) is 23.5. The second-order valence-electron chi connectivity index (χ2n) is 7.40. The third kappa shape index (κ3) is 4.11. The Morgan fingerprint density at radius 1 is 1.00 bits per heavy atom. The highest BCUT2D eigenvalue weighted by atomic mass is 16.5. The van der Waals surface area contributed by atoms with Crippen molar-refractivity contribution in [2.75, 3.05) is 5.32 Å². The number of aromatic nitrogens is 6. The minimum absolute atomic E-state index is 0.243. The van der Waals surface area contributed by atoms with E-state index in [4.69, 9.17) is 4.74 Å². The molecule has 0 radical (unpaired) electrons. The van der Waals surface area contributed by atoms with Crippen LogP contribution in [-0.4, -0.2) is 47.7 Å². The SMILES string of the molecule is CC(OC(=O)c1cn(-c2ccccc2)nc1-c1ccccc1)C(=O)Nc1ncnc2nc[nH]c12. The molecule has 3 aromatic heterocycles. The van der Waals surface area contributed by atoms with Crippen molar-refractivity contribution < 1.29 is 14.3 Å². The number of nitrogens with one attached hydrogen (secondary N) is 2. The van der Waals surface area contributed by atoms with Crippen molar-refractivity contribution >= 4 is 28.9 Å². The van der Waals surface area contributed by atoms with Gasteiger partial charge in [-0.1, -0.05) is 48.5 Å². The Hall–Kier alpha value is -4.86. The number of aromatic amines is 1. The molecule has 3 heterocycles. The van der Waals surface area contributed by atoms with Gasteiger partial charge in [0.05, 0.1) is 12.0 Å². The fourth-order valence-corrected chi connectivity index (χ4v) is 3.40. The Morgan fingerprint density at radius 3 is 2.50 bits per heavy atom. The van der Waals surface area contributed by atoms with Crippen LogP contribution in [0.15, 0.2) is 79.5 Å². The minimum atomic E-state index is -1.09. The van der Waals surface area contributed by atoms with Crippen LogP contribution in [0.5, 0.6) is 0 Å². The Labute approximate surface area is 193 Å². The maximum atomic E-state index is 13.1. The second-order valence-corrected chi connectivity index (χ2v) is 7.40. The van der Waals surface area contributed by atoms with Crippen LogP contribution in [0.2, 0.25) is 0 Å². The number of carbonyl (C=O) groups is 2. The summed E-state index contributed by atoms with van der Waals surface area (Å²) in [4.78, 5) is 40.8. The Kier molecular flexibility index (Phi) is 5.53. The van der Waals surface area contributed by atoms with Gasteiger partial charge < -0.3 is 15.0 Å². The third-order valence-electron chi connectivity index (χ3n) is 5.12. The van der Waals surface area contributed by atoms with Gasteiger partial charge in [-0.3, -0.25) is 4.79 Å². The summed E-state index contributed by atoms with van der Waals surface area (Å²) < 4.78 is 7.11. The van der Waals surface area contributed by atoms with Crippen LogP contribution in [0.4, 0.5) is 5.82 Å². The third-order valence-corrected chi connectivity index (χ3v) is 5.12. The molecular weight excluding hydrogens is 434 g/mol. The van der Waals surface area contributed by atoms with Gasteiger partial charge in [0.25, 0.3) is 5.91 Å². The molecule has 5 aromatic rings. The molecule has 1 amide bonds. The Balaban J connectivity index is 1.39. The van der Waals surface area contributed by atoms with Crippen LogP contribution in [0, 0.1) is 0 Å². The van der Waals surface area contributed by atoms with Gasteiger partial charge in [-0.25, -0.2) is 24.4 Å². The number of para-hydroxylation sites is 1. The lowest BCUT2D eigenvalue weighted by molar-refractivity contribution is -0.123. The highest BCUT2D eigenvalue weighted by molar-refractivity contribution is 6.01. The number of esters is 1. The monoisotopic (exact) mass is 453 g/mol. The fraction of sp³-hybridized carbons (Fsp3) is 0.0833. The van der Waals surface area contributed by atoms with E-state index >= 15 is 0 Å². The van der Waals surface area contributed by atoms with Crippen molar-refractivity contribution in [1.29, 1.82) is 0 Å². The van der Waals surface area contributed by atoms with Crippen molar-refractivity contribution in [3.8, 4) is 16.9 Å². The van der Waals surface area contributed by atoms with Gasteiger partial charge in [0, 0.05) is 11.8 Å². The second kappa shape index (κ2) is 8.94. The van der Waals surface area contributed by atoms with E-state index in [0.717, 1.165) is 11.3 Å². The molecule has 168 valence electrons. The van der Waals surface area contributed by atoms with Crippen LogP contribution >= 0.6 is 0 Å². The first kappa shape index (κ1) is 21.0. The molecule has 0 saturated heterocycles. The first-order valence-corrected chi connectivity index (χ1v) is 10.5. The molecule has 5 rings (SSSR count). The maximum Gasteiger partial charge on any atom is 0.342 e. The molecule has 0 spiro atoms. The molecule has 0 aliphatic carbocycles. The van der Waals surface area contributed by atoms with Crippen LogP contribution in [-0.2, 0) is 9.53 Å². The summed E-state index contributed by atoms with van der Waals surface area (Å²) in [5.74, 6) is -0.963. The molecule has 2 N–H and O–H groups in total. The summed E-state index contributed by atoms with van der Waals surface area (Å²) in [6, 6.07) is 18.7.